The number of esters is 1. The summed E-state index contributed by atoms with van der Waals surface area (Å²) in [5.74, 6) is -14.2. The molecule has 3 aromatic rings. The molecule has 0 bridgehead atoms. The van der Waals surface area contributed by atoms with Crippen molar-refractivity contribution in [2.45, 2.75) is 26.9 Å². The summed E-state index contributed by atoms with van der Waals surface area (Å²) in [5.41, 5.74) is 2.20. The molecular formula is C26H17F5O5. The molecule has 0 saturated carbocycles. The maximum Gasteiger partial charge on any atom is 0.352 e. The van der Waals surface area contributed by atoms with Crippen LogP contribution in [0.5, 0.6) is 17.2 Å². The minimum atomic E-state index is -2.35. The van der Waals surface area contributed by atoms with Gasteiger partial charge < -0.3 is 14.2 Å². The molecule has 0 amide bonds. The van der Waals surface area contributed by atoms with Gasteiger partial charge in [-0.05, 0) is 50.1 Å². The van der Waals surface area contributed by atoms with Crippen LogP contribution in [0, 0.1) is 42.9 Å². The lowest BCUT2D eigenvalue weighted by atomic mass is 10.0. The fourth-order valence-electron chi connectivity index (χ4n) is 3.47. The van der Waals surface area contributed by atoms with E-state index in [9.17, 15) is 31.5 Å². The largest absolute Gasteiger partial charge is 0.473 e. The number of allylic oxidation sites excluding steroid dienone is 1. The Morgan fingerprint density at radius 2 is 1.53 bits per heavy atom. The number of aryl methyl sites for hydroxylation is 1. The van der Waals surface area contributed by atoms with E-state index in [1.165, 1.54) is 19.1 Å². The second kappa shape index (κ2) is 9.44. The van der Waals surface area contributed by atoms with Crippen LogP contribution in [0.2, 0.25) is 0 Å². The molecule has 3 aromatic carbocycles. The van der Waals surface area contributed by atoms with Gasteiger partial charge in [0.1, 0.15) is 11.5 Å². The lowest BCUT2D eigenvalue weighted by Gasteiger charge is -2.16. The number of ketones is 1. The molecule has 0 spiro atoms. The van der Waals surface area contributed by atoms with Gasteiger partial charge in [0.2, 0.25) is 34.9 Å². The first-order valence-corrected chi connectivity index (χ1v) is 10.5. The molecule has 1 heterocycles. The summed E-state index contributed by atoms with van der Waals surface area (Å²) in [6, 6.07) is 10.0. The van der Waals surface area contributed by atoms with Crippen LogP contribution in [0.25, 0.3) is 6.08 Å². The molecule has 1 atom stereocenters. The van der Waals surface area contributed by atoms with E-state index in [1.807, 2.05) is 31.2 Å². The summed E-state index contributed by atoms with van der Waals surface area (Å²) in [4.78, 5) is 25.2. The minimum Gasteiger partial charge on any atom is -0.473 e. The molecule has 1 aliphatic rings. The van der Waals surface area contributed by atoms with Crippen molar-refractivity contribution < 1.29 is 45.8 Å². The smallest absolute Gasteiger partial charge is 0.352 e. The quantitative estimate of drug-likeness (QED) is 0.107. The van der Waals surface area contributed by atoms with Crippen LogP contribution < -0.4 is 14.2 Å². The molecule has 0 N–H and O–H groups in total. The predicted molar refractivity (Wildman–Crippen MR) is 117 cm³/mol. The molecule has 0 saturated heterocycles. The van der Waals surface area contributed by atoms with E-state index < -0.39 is 46.9 Å². The molecule has 1 unspecified atom stereocenters. The lowest BCUT2D eigenvalue weighted by Crippen LogP contribution is -2.29. The van der Waals surface area contributed by atoms with Gasteiger partial charge in [-0.25, -0.2) is 18.0 Å². The van der Waals surface area contributed by atoms with E-state index in [2.05, 4.69) is 0 Å². The van der Waals surface area contributed by atoms with Crippen molar-refractivity contribution in [2.75, 3.05) is 0 Å². The second-order valence-electron chi connectivity index (χ2n) is 7.94. The topological polar surface area (TPSA) is 61.8 Å². The number of carbonyl (C=O) groups excluding carboxylic acids is 2. The molecular weight excluding hydrogens is 487 g/mol. The molecule has 10 heteroatoms. The Morgan fingerprint density at radius 1 is 0.917 bits per heavy atom. The second-order valence-corrected chi connectivity index (χ2v) is 7.94. The molecule has 0 radical (unpaired) electrons. The number of ether oxygens (including phenoxy) is 3. The minimum absolute atomic E-state index is 0.0587. The van der Waals surface area contributed by atoms with Crippen LogP contribution >= 0.6 is 0 Å². The fraction of sp³-hybridized carbons (Fsp3) is 0.154. The third-order valence-corrected chi connectivity index (χ3v) is 5.52. The SMILES string of the molecule is Cc1ccccc1/C=C1\Oc2c(ccc(OC(=O)C(C)Oc3c(F)c(F)c(F)c(F)c3F)c2C)C1=O. The first-order valence-electron chi connectivity index (χ1n) is 10.5. The van der Waals surface area contributed by atoms with Gasteiger partial charge in [-0.15, -0.1) is 0 Å². The van der Waals surface area contributed by atoms with Crippen LogP contribution in [0.4, 0.5) is 22.0 Å². The molecule has 186 valence electrons. The van der Waals surface area contributed by atoms with Crippen LogP contribution in [0.15, 0.2) is 42.2 Å². The highest BCUT2D eigenvalue weighted by atomic mass is 19.2. The van der Waals surface area contributed by atoms with E-state index in [4.69, 9.17) is 14.2 Å². The van der Waals surface area contributed by atoms with E-state index in [1.54, 1.807) is 6.08 Å². The zero-order valence-corrected chi connectivity index (χ0v) is 19.0. The Labute approximate surface area is 201 Å². The Balaban J connectivity index is 1.55. The number of benzene rings is 3. The Bertz CT molecular complexity index is 1420. The summed E-state index contributed by atoms with van der Waals surface area (Å²) < 4.78 is 83.4. The molecule has 5 nitrogen and oxygen atoms in total. The van der Waals surface area contributed by atoms with E-state index >= 15 is 0 Å². The summed E-state index contributed by atoms with van der Waals surface area (Å²) >= 11 is 0. The van der Waals surface area contributed by atoms with Crippen molar-refractivity contribution in [3.63, 3.8) is 0 Å². The Morgan fingerprint density at radius 3 is 2.17 bits per heavy atom. The third-order valence-electron chi connectivity index (χ3n) is 5.52. The fourth-order valence-corrected chi connectivity index (χ4v) is 3.47. The average molecular weight is 504 g/mol. The first-order chi connectivity index (χ1) is 17.0. The molecule has 0 aromatic heterocycles. The van der Waals surface area contributed by atoms with Crippen molar-refractivity contribution >= 4 is 17.8 Å². The van der Waals surface area contributed by atoms with Gasteiger partial charge in [0, 0.05) is 5.56 Å². The highest BCUT2D eigenvalue weighted by Crippen LogP contribution is 2.39. The van der Waals surface area contributed by atoms with Crippen molar-refractivity contribution in [2.24, 2.45) is 0 Å². The summed E-state index contributed by atoms with van der Waals surface area (Å²) in [5, 5.41) is 0. The molecule has 36 heavy (non-hydrogen) atoms. The Hall–Kier alpha value is -4.21. The monoisotopic (exact) mass is 504 g/mol. The Kier molecular flexibility index (Phi) is 6.53. The summed E-state index contributed by atoms with van der Waals surface area (Å²) in [6.45, 7) is 4.39. The molecule has 1 aliphatic heterocycles. The highest BCUT2D eigenvalue weighted by Gasteiger charge is 2.33. The van der Waals surface area contributed by atoms with Gasteiger partial charge in [0.25, 0.3) is 0 Å². The lowest BCUT2D eigenvalue weighted by molar-refractivity contribution is -0.141. The maximum atomic E-state index is 13.9. The summed E-state index contributed by atoms with van der Waals surface area (Å²) in [6.07, 6.45) is -0.173. The zero-order chi connectivity index (χ0) is 26.3. The number of fused-ring (bicyclic) bond motifs is 1. The number of rotatable bonds is 5. The van der Waals surface area contributed by atoms with Crippen LogP contribution in [0.1, 0.15) is 34.0 Å². The number of carbonyl (C=O) groups is 2. The van der Waals surface area contributed by atoms with Crippen LogP contribution in [-0.2, 0) is 4.79 Å². The van der Waals surface area contributed by atoms with Gasteiger partial charge in [0.05, 0.1) is 5.56 Å². The number of halogens is 5. The van der Waals surface area contributed by atoms with E-state index in [-0.39, 0.29) is 34.2 Å². The van der Waals surface area contributed by atoms with Crippen LogP contribution in [-0.4, -0.2) is 17.9 Å². The van der Waals surface area contributed by atoms with Crippen LogP contribution in [0.3, 0.4) is 0 Å². The standard InChI is InChI=1S/C26H17F5O5/c1-11-6-4-5-7-14(11)10-17-23(32)15-8-9-16(12(2)24(15)35-17)36-26(33)13(3)34-25-21(30)19(28)18(27)20(29)22(25)31/h4-10,13H,1-3H3/b17-10-. The highest BCUT2D eigenvalue weighted by molar-refractivity contribution is 6.15. The van der Waals surface area contributed by atoms with Gasteiger partial charge in [-0.3, -0.25) is 4.79 Å². The molecule has 4 rings (SSSR count). The summed E-state index contributed by atoms with van der Waals surface area (Å²) in [7, 11) is 0. The zero-order valence-electron chi connectivity index (χ0n) is 19.0. The van der Waals surface area contributed by atoms with Crippen molar-refractivity contribution in [1.29, 1.82) is 0 Å². The van der Waals surface area contributed by atoms with Gasteiger partial charge >= 0.3 is 5.97 Å². The maximum absolute atomic E-state index is 13.9. The number of hydrogen-bond donors (Lipinski definition) is 0. The first kappa shape index (κ1) is 24.9. The third kappa shape index (κ3) is 4.30. The van der Waals surface area contributed by atoms with E-state index in [0.29, 0.717) is 0 Å². The average Bonchev–Trinajstić information content (AvgIpc) is 3.18. The van der Waals surface area contributed by atoms with Gasteiger partial charge in [0.15, 0.2) is 17.6 Å². The number of hydrogen-bond acceptors (Lipinski definition) is 5. The van der Waals surface area contributed by atoms with Gasteiger partial charge in [-0.1, -0.05) is 24.3 Å². The molecule has 0 aliphatic carbocycles. The molecule has 0 fully saturated rings. The number of Topliss-reactive ketones (excluding diaryl/α,β-unsaturated/α-hetero) is 1. The van der Waals surface area contributed by atoms with Crippen molar-refractivity contribution in [3.8, 4) is 17.2 Å². The van der Waals surface area contributed by atoms with Crippen molar-refractivity contribution in [3.05, 3.63) is 93.5 Å². The van der Waals surface area contributed by atoms with Crippen molar-refractivity contribution in [1.82, 2.24) is 0 Å². The van der Waals surface area contributed by atoms with Gasteiger partial charge in [-0.2, -0.15) is 8.78 Å². The predicted octanol–water partition coefficient (Wildman–Crippen LogP) is 5.99. The van der Waals surface area contributed by atoms with E-state index in [0.717, 1.165) is 18.1 Å². The normalized spacial score (nSPS) is 14.4.